The highest BCUT2D eigenvalue weighted by molar-refractivity contribution is 6.30. The topological polar surface area (TPSA) is 41.6 Å². The smallest absolute Gasteiger partial charge is 0.224 e. The third-order valence-corrected chi connectivity index (χ3v) is 5.55. The lowest BCUT2D eigenvalue weighted by molar-refractivity contribution is -0.121. The van der Waals surface area contributed by atoms with E-state index in [4.69, 9.17) is 16.3 Å². The molecule has 0 aromatic heterocycles. The summed E-state index contributed by atoms with van der Waals surface area (Å²) in [6, 6.07) is 14.3. The Labute approximate surface area is 163 Å². The number of benzene rings is 2. The number of carbonyl (C=O) groups is 1. The normalized spacial score (nSPS) is 25.2. The zero-order valence-electron chi connectivity index (χ0n) is 14.9. The Morgan fingerprint density at radius 1 is 1.15 bits per heavy atom. The van der Waals surface area contributed by atoms with Crippen molar-refractivity contribution < 1.29 is 13.9 Å². The molecule has 2 aromatic rings. The van der Waals surface area contributed by atoms with Crippen LogP contribution in [-0.4, -0.2) is 42.6 Å². The molecule has 3 atom stereocenters. The first kappa shape index (κ1) is 18.4. The van der Waals surface area contributed by atoms with E-state index in [0.29, 0.717) is 12.6 Å². The van der Waals surface area contributed by atoms with Crippen LogP contribution in [0.25, 0.3) is 0 Å². The van der Waals surface area contributed by atoms with Crippen LogP contribution in [0.2, 0.25) is 5.02 Å². The predicted octanol–water partition coefficient (Wildman–Crippen LogP) is 3.35. The van der Waals surface area contributed by atoms with Gasteiger partial charge in [0.05, 0.1) is 19.1 Å². The summed E-state index contributed by atoms with van der Waals surface area (Å²) in [6.45, 7) is 2.31. The maximum absolute atomic E-state index is 13.0. The molecule has 6 heteroatoms. The van der Waals surface area contributed by atoms with E-state index in [1.165, 1.54) is 12.1 Å². The molecule has 0 bridgehead atoms. The first-order valence-corrected chi connectivity index (χ1v) is 9.59. The van der Waals surface area contributed by atoms with E-state index in [-0.39, 0.29) is 30.3 Å². The quantitative estimate of drug-likeness (QED) is 0.873. The van der Waals surface area contributed by atoms with Crippen molar-refractivity contribution in [3.05, 3.63) is 70.5 Å². The van der Waals surface area contributed by atoms with Gasteiger partial charge in [-0.25, -0.2) is 4.39 Å². The molecule has 2 aliphatic heterocycles. The molecule has 27 heavy (non-hydrogen) atoms. The first-order valence-electron chi connectivity index (χ1n) is 9.22. The van der Waals surface area contributed by atoms with Gasteiger partial charge >= 0.3 is 0 Å². The van der Waals surface area contributed by atoms with Crippen LogP contribution in [0.3, 0.4) is 0 Å². The Morgan fingerprint density at radius 3 is 2.63 bits per heavy atom. The molecule has 4 rings (SSSR count). The fraction of sp³-hybridized carbons (Fsp3) is 0.381. The first-order chi connectivity index (χ1) is 13.1. The van der Waals surface area contributed by atoms with Gasteiger partial charge in [0.1, 0.15) is 5.82 Å². The number of morpholine rings is 1. The third-order valence-electron chi connectivity index (χ3n) is 5.30. The number of carbonyl (C=O) groups excluding carboxylic acids is 1. The van der Waals surface area contributed by atoms with Crippen LogP contribution in [0.15, 0.2) is 48.5 Å². The number of nitrogens with one attached hydrogen (secondary N) is 1. The van der Waals surface area contributed by atoms with Gasteiger partial charge in [0.15, 0.2) is 0 Å². The summed E-state index contributed by atoms with van der Waals surface area (Å²) < 4.78 is 19.0. The number of nitrogens with zero attached hydrogens (tertiary/aromatic N) is 1. The fourth-order valence-corrected chi connectivity index (χ4v) is 4.05. The molecule has 4 nitrogen and oxygen atoms in total. The summed E-state index contributed by atoms with van der Waals surface area (Å²) in [5, 5.41) is 3.83. The minimum absolute atomic E-state index is 0.0263. The van der Waals surface area contributed by atoms with Crippen molar-refractivity contribution in [2.45, 2.75) is 31.0 Å². The van der Waals surface area contributed by atoms with Gasteiger partial charge in [-0.15, -0.1) is 0 Å². The molecule has 0 spiro atoms. The van der Waals surface area contributed by atoms with Crippen LogP contribution in [0.5, 0.6) is 0 Å². The molecular formula is C21H22ClFN2O2. The van der Waals surface area contributed by atoms with Gasteiger partial charge in [-0.1, -0.05) is 35.9 Å². The monoisotopic (exact) mass is 388 g/mol. The van der Waals surface area contributed by atoms with Crippen molar-refractivity contribution in [2.75, 3.05) is 19.7 Å². The van der Waals surface area contributed by atoms with E-state index in [1.54, 1.807) is 12.1 Å². The molecule has 1 amide bonds. The molecular weight excluding hydrogens is 367 g/mol. The summed E-state index contributed by atoms with van der Waals surface area (Å²) in [5.74, 6) is -0.316. The largest absolute Gasteiger partial charge is 0.371 e. The molecule has 2 saturated heterocycles. The van der Waals surface area contributed by atoms with Crippen LogP contribution >= 0.6 is 11.6 Å². The maximum Gasteiger partial charge on any atom is 0.224 e. The lowest BCUT2D eigenvalue weighted by Crippen LogP contribution is -2.43. The van der Waals surface area contributed by atoms with Crippen molar-refractivity contribution in [1.82, 2.24) is 10.2 Å². The number of ether oxygens (including phenoxy) is 1. The third kappa shape index (κ3) is 4.49. The Kier molecular flexibility index (Phi) is 5.43. The van der Waals surface area contributed by atoms with Gasteiger partial charge in [0, 0.05) is 30.2 Å². The summed E-state index contributed by atoms with van der Waals surface area (Å²) in [5.41, 5.74) is 1.94. The minimum atomic E-state index is -0.290. The zero-order chi connectivity index (χ0) is 18.8. The Bertz CT molecular complexity index is 797. The molecule has 0 saturated carbocycles. The standard InChI is InChI=1S/C21H22ClFN2O2/c22-16-5-3-15(4-6-16)20-12-25-11-18(10-19(25)13-27-20)24-21(26)9-14-1-7-17(23)8-2-14/h1-8,18-20H,9-13H2,(H,24,26)/t18-,19+,20-/m1/s1. The van der Waals surface area contributed by atoms with Crippen LogP contribution < -0.4 is 5.32 Å². The molecule has 2 heterocycles. The molecule has 1 N–H and O–H groups in total. The zero-order valence-corrected chi connectivity index (χ0v) is 15.7. The average Bonchev–Trinajstić information content (AvgIpc) is 3.05. The lowest BCUT2D eigenvalue weighted by atomic mass is 10.1. The van der Waals surface area contributed by atoms with Crippen LogP contribution in [-0.2, 0) is 16.0 Å². The SMILES string of the molecule is O=C(Cc1ccc(F)cc1)N[C@@H]1C[C@H]2CO[C@@H](c3ccc(Cl)cc3)CN2C1. The van der Waals surface area contributed by atoms with Crippen LogP contribution in [0.4, 0.5) is 4.39 Å². The second-order valence-electron chi connectivity index (χ2n) is 7.28. The van der Waals surface area contributed by atoms with Crippen molar-refractivity contribution in [3.8, 4) is 0 Å². The highest BCUT2D eigenvalue weighted by Crippen LogP contribution is 2.30. The summed E-state index contributed by atoms with van der Waals surface area (Å²) >= 11 is 5.96. The highest BCUT2D eigenvalue weighted by Gasteiger charge is 2.38. The maximum atomic E-state index is 13.0. The Morgan fingerprint density at radius 2 is 1.89 bits per heavy atom. The van der Waals surface area contributed by atoms with Gasteiger partial charge in [0.25, 0.3) is 0 Å². The van der Waals surface area contributed by atoms with Gasteiger partial charge in [-0.3, -0.25) is 9.69 Å². The van der Waals surface area contributed by atoms with E-state index in [9.17, 15) is 9.18 Å². The molecule has 2 aliphatic rings. The Balaban J connectivity index is 1.31. The highest BCUT2D eigenvalue weighted by atomic mass is 35.5. The van der Waals surface area contributed by atoms with Crippen molar-refractivity contribution in [2.24, 2.45) is 0 Å². The van der Waals surface area contributed by atoms with Crippen LogP contribution in [0, 0.1) is 5.82 Å². The van der Waals surface area contributed by atoms with Crippen molar-refractivity contribution in [1.29, 1.82) is 0 Å². The van der Waals surface area contributed by atoms with E-state index in [1.807, 2.05) is 24.3 Å². The number of amides is 1. The lowest BCUT2D eigenvalue weighted by Gasteiger charge is -2.35. The second-order valence-corrected chi connectivity index (χ2v) is 7.72. The number of hydrogen-bond acceptors (Lipinski definition) is 3. The number of halogens is 2. The van der Waals surface area contributed by atoms with Gasteiger partial charge in [-0.2, -0.15) is 0 Å². The molecule has 0 unspecified atom stereocenters. The molecule has 0 aliphatic carbocycles. The van der Waals surface area contributed by atoms with E-state index < -0.39 is 0 Å². The number of rotatable bonds is 4. The van der Waals surface area contributed by atoms with E-state index in [0.717, 1.165) is 35.7 Å². The number of hydrogen-bond donors (Lipinski definition) is 1. The van der Waals surface area contributed by atoms with Crippen molar-refractivity contribution >= 4 is 17.5 Å². The Hall–Kier alpha value is -1.95. The average molecular weight is 389 g/mol. The molecule has 2 fully saturated rings. The predicted molar refractivity (Wildman–Crippen MR) is 102 cm³/mol. The van der Waals surface area contributed by atoms with E-state index in [2.05, 4.69) is 10.2 Å². The summed E-state index contributed by atoms with van der Waals surface area (Å²) in [7, 11) is 0. The second kappa shape index (κ2) is 7.97. The van der Waals surface area contributed by atoms with Crippen LogP contribution in [0.1, 0.15) is 23.7 Å². The minimum Gasteiger partial charge on any atom is -0.371 e. The van der Waals surface area contributed by atoms with E-state index >= 15 is 0 Å². The van der Waals surface area contributed by atoms with Gasteiger partial charge in [-0.05, 0) is 41.8 Å². The number of fused-ring (bicyclic) bond motifs is 1. The molecule has 0 radical (unpaired) electrons. The van der Waals surface area contributed by atoms with Crippen molar-refractivity contribution in [3.63, 3.8) is 0 Å². The summed E-state index contributed by atoms with van der Waals surface area (Å²) in [4.78, 5) is 14.7. The van der Waals surface area contributed by atoms with Gasteiger partial charge < -0.3 is 10.1 Å². The fourth-order valence-electron chi connectivity index (χ4n) is 3.92. The van der Waals surface area contributed by atoms with Gasteiger partial charge in [0.2, 0.25) is 5.91 Å². The summed E-state index contributed by atoms with van der Waals surface area (Å²) in [6.07, 6.45) is 1.19. The molecule has 2 aromatic carbocycles. The molecule has 142 valence electrons.